The predicted molar refractivity (Wildman–Crippen MR) is 194 cm³/mol. The van der Waals surface area contributed by atoms with Crippen molar-refractivity contribution in [3.05, 3.63) is 29.8 Å². The van der Waals surface area contributed by atoms with E-state index in [-0.39, 0.29) is 67.3 Å². The number of carboxylic acid groups (broad SMARTS) is 1. The highest BCUT2D eigenvalue weighted by Crippen LogP contribution is 2.71. The maximum absolute atomic E-state index is 12.8. The van der Waals surface area contributed by atoms with Gasteiger partial charge in [-0.05, 0) is 98.1 Å². The Labute approximate surface area is 326 Å². The first-order valence-corrected chi connectivity index (χ1v) is 21.9. The van der Waals surface area contributed by atoms with Gasteiger partial charge in [-0.3, -0.25) is 18.7 Å². The van der Waals surface area contributed by atoms with Crippen LogP contribution in [0.5, 0.6) is 5.75 Å². The number of aromatic hydroxyl groups is 1. The Kier molecular flexibility index (Phi) is 12.8. The molecule has 2 bridgehead atoms. The minimum Gasteiger partial charge on any atom is -0.508 e. The van der Waals surface area contributed by atoms with Gasteiger partial charge in [-0.1, -0.05) is 26.0 Å². The topological polar surface area (TPSA) is 285 Å². The number of benzene rings is 1. The van der Waals surface area contributed by atoms with Crippen LogP contribution >= 0.6 is 0 Å². The Morgan fingerprint density at radius 2 is 1.64 bits per heavy atom. The maximum atomic E-state index is 12.8. The van der Waals surface area contributed by atoms with Crippen LogP contribution in [-0.4, -0.2) is 121 Å². The fourth-order valence-electron chi connectivity index (χ4n) is 11.1. The van der Waals surface area contributed by atoms with E-state index in [2.05, 4.69) is 17.6 Å². The van der Waals surface area contributed by atoms with E-state index in [9.17, 15) is 56.0 Å². The van der Waals surface area contributed by atoms with Gasteiger partial charge in [-0.2, -0.15) is 16.8 Å². The normalized spacial score (nSPS) is 39.7. The molecule has 1 aliphatic heterocycles. The number of carbonyl (C=O) groups excluding carboxylic acids is 1. The Hall–Kier alpha value is -2.50. The van der Waals surface area contributed by atoms with Gasteiger partial charge in [0.15, 0.2) is 6.29 Å². The second-order valence-electron chi connectivity index (χ2n) is 16.7. The number of ether oxygens (including phenoxy) is 2. The fourth-order valence-corrected chi connectivity index (χ4v) is 12.2. The molecule has 5 aliphatic rings. The van der Waals surface area contributed by atoms with Crippen molar-refractivity contribution in [3.8, 4) is 5.75 Å². The smallest absolute Gasteiger partial charge is 0.397 e. The minimum absolute atomic E-state index is 0.0104. The van der Waals surface area contributed by atoms with E-state index >= 15 is 0 Å². The summed E-state index contributed by atoms with van der Waals surface area (Å²) in [6.07, 6.45) is -6.21. The molecule has 1 aromatic rings. The third-order valence-corrected chi connectivity index (χ3v) is 14.4. The average molecular weight is 835 g/mol. The molecular formula is C36H54N2O16S2. The molecule has 6 rings (SSSR count). The lowest BCUT2D eigenvalue weighted by Crippen LogP contribution is -2.64. The van der Waals surface area contributed by atoms with Gasteiger partial charge in [0.2, 0.25) is 5.91 Å². The Bertz CT molecular complexity index is 1800. The molecule has 1 amide bonds. The van der Waals surface area contributed by atoms with Crippen molar-refractivity contribution in [1.29, 1.82) is 0 Å². The number of rotatable bonds is 15. The van der Waals surface area contributed by atoms with Crippen molar-refractivity contribution in [2.75, 3.05) is 19.6 Å². The number of hydrogen-bond acceptors (Lipinski definition) is 14. The lowest BCUT2D eigenvalue weighted by Gasteiger charge is -2.62. The first-order chi connectivity index (χ1) is 26.2. The number of hydrogen-bond donors (Lipinski definition) is 8. The van der Waals surface area contributed by atoms with E-state index in [1.165, 1.54) is 12.1 Å². The lowest BCUT2D eigenvalue weighted by atomic mass is 9.43. The number of aliphatic hydroxyl groups is 2. The van der Waals surface area contributed by atoms with E-state index in [1.54, 1.807) is 12.1 Å². The largest absolute Gasteiger partial charge is 0.508 e. The summed E-state index contributed by atoms with van der Waals surface area (Å²) in [6.45, 7) is 3.96. The van der Waals surface area contributed by atoms with Crippen molar-refractivity contribution in [2.45, 2.75) is 115 Å². The van der Waals surface area contributed by atoms with E-state index in [4.69, 9.17) is 17.8 Å². The quantitative estimate of drug-likeness (QED) is 0.0700. The van der Waals surface area contributed by atoms with E-state index in [0.29, 0.717) is 25.2 Å². The van der Waals surface area contributed by atoms with Gasteiger partial charge in [-0.25, -0.2) is 8.37 Å². The fraction of sp³-hybridized carbons (Fsp3) is 0.778. The zero-order valence-corrected chi connectivity index (χ0v) is 32.9. The van der Waals surface area contributed by atoms with Crippen LogP contribution in [0.25, 0.3) is 0 Å². The highest BCUT2D eigenvalue weighted by Gasteiger charge is 2.67. The summed E-state index contributed by atoms with van der Waals surface area (Å²) in [5.41, 5.74) is -0.124. The molecule has 1 heterocycles. The summed E-state index contributed by atoms with van der Waals surface area (Å²) in [6, 6.07) is 6.41. The molecule has 20 heteroatoms. The number of nitrogens with one attached hydrogen (secondary N) is 2. The molecule has 8 N–H and O–H groups in total. The number of phenols is 1. The number of carbonyl (C=O) groups is 2. The van der Waals surface area contributed by atoms with Crippen LogP contribution in [0.2, 0.25) is 0 Å². The molecule has 4 aliphatic carbocycles. The minimum atomic E-state index is -5.38. The highest BCUT2D eigenvalue weighted by atomic mass is 32.3. The number of aryl methyl sites for hydroxylation is 1. The van der Waals surface area contributed by atoms with Crippen LogP contribution in [0.4, 0.5) is 0 Å². The molecule has 18 nitrogen and oxygen atoms in total. The van der Waals surface area contributed by atoms with Crippen molar-refractivity contribution in [1.82, 2.24) is 10.6 Å². The summed E-state index contributed by atoms with van der Waals surface area (Å²) in [5.74, 6) is -1.78. The molecule has 316 valence electrons. The van der Waals surface area contributed by atoms with Gasteiger partial charge in [0.1, 0.15) is 30.2 Å². The molecule has 56 heavy (non-hydrogen) atoms. The molecule has 0 radical (unpaired) electrons. The van der Waals surface area contributed by atoms with Crippen LogP contribution in [0, 0.1) is 40.4 Å². The van der Waals surface area contributed by atoms with Crippen molar-refractivity contribution in [3.63, 3.8) is 0 Å². The molecule has 14 atom stereocenters. The van der Waals surface area contributed by atoms with E-state index in [0.717, 1.165) is 31.2 Å². The second-order valence-corrected chi connectivity index (χ2v) is 18.8. The summed E-state index contributed by atoms with van der Waals surface area (Å²) in [7, 11) is -10.7. The third kappa shape index (κ3) is 9.20. The molecule has 5 fully saturated rings. The first-order valence-electron chi connectivity index (χ1n) is 19.2. The molecule has 4 saturated carbocycles. The Morgan fingerprint density at radius 1 is 0.964 bits per heavy atom. The van der Waals surface area contributed by atoms with E-state index < -0.39 is 81.0 Å². The number of fused-ring (bicyclic) bond motifs is 3. The molecular weight excluding hydrogens is 781 g/mol. The van der Waals surface area contributed by atoms with Crippen molar-refractivity contribution < 1.29 is 73.8 Å². The Balaban J connectivity index is 1.17. The zero-order chi connectivity index (χ0) is 40.8. The standard InChI is InChI=1S/C36H54N2O16S2/c1-19-21-6-9-27-35(2)17-23(15-24(33(43)44)25(35)11-12-36(27,16-21)32(19)42)51-34-29(41)31(54-56(48,49)50)30(53-55(45,46)47)26(52-34)18-37-13-14-38-28(40)10-5-20-3-7-22(39)8-4-20/h3-4,7-8,19,21,23-27,29-32,34,37,39,41-42H,5-6,9-18H2,1-2H3,(H,38,40)(H,43,44)(H,45,46,47)(H,48,49,50)/t19?,21-,23-,24-,25-,26-,27+,29-,30-,31-,32-,34-,35-,36-/m1/s1. The molecule has 0 aromatic heterocycles. The molecule has 1 aromatic carbocycles. The third-order valence-electron chi connectivity index (χ3n) is 13.5. The average Bonchev–Trinajstić information content (AvgIpc) is 3.28. The van der Waals surface area contributed by atoms with Crippen LogP contribution < -0.4 is 10.6 Å². The van der Waals surface area contributed by atoms with Crippen molar-refractivity contribution >= 4 is 32.7 Å². The van der Waals surface area contributed by atoms with Crippen LogP contribution in [0.3, 0.4) is 0 Å². The van der Waals surface area contributed by atoms with Crippen molar-refractivity contribution in [2.24, 2.45) is 40.4 Å². The van der Waals surface area contributed by atoms with Gasteiger partial charge in [0.05, 0.1) is 18.1 Å². The highest BCUT2D eigenvalue weighted by molar-refractivity contribution is 7.81. The lowest BCUT2D eigenvalue weighted by molar-refractivity contribution is -0.309. The van der Waals surface area contributed by atoms with Gasteiger partial charge in [-0.15, -0.1) is 0 Å². The van der Waals surface area contributed by atoms with Crippen LogP contribution in [0.1, 0.15) is 70.8 Å². The van der Waals surface area contributed by atoms with Crippen LogP contribution in [-0.2, 0) is 54.6 Å². The predicted octanol–water partition coefficient (Wildman–Crippen LogP) is 1.20. The Morgan fingerprint density at radius 3 is 2.30 bits per heavy atom. The number of phenolic OH excluding ortho intramolecular Hbond substituents is 1. The number of amides is 1. The molecule has 1 unspecified atom stereocenters. The van der Waals surface area contributed by atoms with Gasteiger partial charge >= 0.3 is 26.8 Å². The SMILES string of the molecule is CC1[C@@H]2CC[C@H]3[C@]4(C)C[C@H](O[C@@H]5O[C@H](CNCCNC(=O)CCc6ccc(O)cc6)[C@@H](OS(=O)(=O)O)[C@H](OS(=O)(=O)O)[C@H]5O)C[C@@H](C(=O)O)[C@H]4CC[C@]3(C2)[C@@H]1O. The first kappa shape index (κ1) is 43.1. The van der Waals surface area contributed by atoms with Gasteiger partial charge < -0.3 is 40.5 Å². The summed E-state index contributed by atoms with van der Waals surface area (Å²) in [5, 5.41) is 48.5. The monoisotopic (exact) mass is 834 g/mol. The number of carboxylic acids is 1. The van der Waals surface area contributed by atoms with E-state index in [1.807, 2.05) is 6.92 Å². The zero-order valence-electron chi connectivity index (χ0n) is 31.3. The van der Waals surface area contributed by atoms with Gasteiger partial charge in [0.25, 0.3) is 0 Å². The maximum Gasteiger partial charge on any atom is 0.397 e. The summed E-state index contributed by atoms with van der Waals surface area (Å²) < 4.78 is 88.7. The summed E-state index contributed by atoms with van der Waals surface area (Å²) in [4.78, 5) is 25.2. The second kappa shape index (κ2) is 16.6. The van der Waals surface area contributed by atoms with Gasteiger partial charge in [0, 0.05) is 31.5 Å². The number of aliphatic hydroxyl groups excluding tert-OH is 2. The van der Waals surface area contributed by atoms with Crippen LogP contribution in [0.15, 0.2) is 24.3 Å². The summed E-state index contributed by atoms with van der Waals surface area (Å²) >= 11 is 0. The number of aliphatic carboxylic acids is 1. The molecule has 1 saturated heterocycles. The molecule has 1 spiro atoms.